The third kappa shape index (κ3) is 5.10. The molecule has 5 nitrogen and oxygen atoms in total. The summed E-state index contributed by atoms with van der Waals surface area (Å²) in [5.74, 6) is -0.816. The van der Waals surface area contributed by atoms with Gasteiger partial charge in [-0.1, -0.05) is 72.8 Å². The van der Waals surface area contributed by atoms with E-state index in [4.69, 9.17) is 9.15 Å². The molecule has 0 saturated carbocycles. The van der Waals surface area contributed by atoms with Gasteiger partial charge in [-0.25, -0.2) is 13.2 Å². The normalized spacial score (nSPS) is 11.2. The van der Waals surface area contributed by atoms with Gasteiger partial charge in [0.1, 0.15) is 18.1 Å². The highest BCUT2D eigenvalue weighted by Gasteiger charge is 2.19. The summed E-state index contributed by atoms with van der Waals surface area (Å²) < 4.78 is 35.6. The maximum atomic E-state index is 12.4. The largest absolute Gasteiger partial charge is 0.455 e. The maximum absolute atomic E-state index is 12.4. The van der Waals surface area contributed by atoms with Crippen LogP contribution in [0, 0.1) is 0 Å². The first-order valence-electron chi connectivity index (χ1n) is 9.69. The van der Waals surface area contributed by atoms with Gasteiger partial charge in [0.25, 0.3) is 0 Å². The number of furan rings is 1. The molecule has 0 bridgehead atoms. The van der Waals surface area contributed by atoms with Crippen LogP contribution in [0.4, 0.5) is 0 Å². The summed E-state index contributed by atoms with van der Waals surface area (Å²) in [6.07, 6.45) is 0. The summed E-state index contributed by atoms with van der Waals surface area (Å²) in [6, 6.07) is 28.7. The molecule has 0 fully saturated rings. The Morgan fingerprint density at radius 1 is 0.742 bits per heavy atom. The zero-order valence-corrected chi connectivity index (χ0v) is 17.4. The van der Waals surface area contributed by atoms with Crippen LogP contribution in [0.1, 0.15) is 21.9 Å². The predicted octanol–water partition coefficient (Wildman–Crippen LogP) is 5.28. The summed E-state index contributed by atoms with van der Waals surface area (Å²) in [5, 5.41) is 0. The van der Waals surface area contributed by atoms with E-state index in [1.54, 1.807) is 18.2 Å². The van der Waals surface area contributed by atoms with E-state index in [9.17, 15) is 13.2 Å². The Morgan fingerprint density at radius 2 is 1.35 bits per heavy atom. The Morgan fingerprint density at radius 3 is 2.03 bits per heavy atom. The first kappa shape index (κ1) is 20.6. The molecule has 4 aromatic rings. The number of hydrogen-bond donors (Lipinski definition) is 0. The van der Waals surface area contributed by atoms with Crippen molar-refractivity contribution in [1.82, 2.24) is 0 Å². The molecule has 0 aliphatic rings. The van der Waals surface area contributed by atoms with E-state index in [2.05, 4.69) is 0 Å². The lowest BCUT2D eigenvalue weighted by molar-refractivity contribution is 0.0434. The molecule has 0 radical (unpaired) electrons. The van der Waals surface area contributed by atoms with Crippen LogP contribution >= 0.6 is 0 Å². The highest BCUT2D eigenvalue weighted by molar-refractivity contribution is 7.90. The van der Waals surface area contributed by atoms with Gasteiger partial charge in [-0.05, 0) is 41.0 Å². The van der Waals surface area contributed by atoms with Crippen LogP contribution in [0.3, 0.4) is 0 Å². The van der Waals surface area contributed by atoms with Crippen molar-refractivity contribution in [2.45, 2.75) is 17.3 Å². The van der Waals surface area contributed by atoms with Crippen molar-refractivity contribution in [3.63, 3.8) is 0 Å². The Kier molecular flexibility index (Phi) is 6.00. The lowest BCUT2D eigenvalue weighted by Gasteiger charge is -2.06. The van der Waals surface area contributed by atoms with Crippen LogP contribution in [0.5, 0.6) is 0 Å². The van der Waals surface area contributed by atoms with E-state index in [-0.39, 0.29) is 28.8 Å². The summed E-state index contributed by atoms with van der Waals surface area (Å²) in [4.78, 5) is 12.5. The number of carbonyl (C=O) groups excluding carboxylic acids is 1. The fraction of sp³-hybridized carbons (Fsp3) is 0.0800. The average Bonchev–Trinajstić information content (AvgIpc) is 3.27. The molecule has 0 saturated heterocycles. The Bertz CT molecular complexity index is 1260. The van der Waals surface area contributed by atoms with E-state index >= 15 is 0 Å². The van der Waals surface area contributed by atoms with Crippen LogP contribution in [-0.4, -0.2) is 14.4 Å². The standard InChI is InChI=1S/C25H20O5S/c26-25(29-17-19-11-13-21(14-12-19)20-7-3-1-4-8-20)24-16-15-22(30-24)18-31(27,28)23-9-5-2-6-10-23/h1-16H,17-18H2. The molecule has 0 aliphatic carbocycles. The highest BCUT2D eigenvalue weighted by atomic mass is 32.2. The Labute approximate surface area is 180 Å². The van der Waals surface area contributed by atoms with Crippen molar-refractivity contribution >= 4 is 15.8 Å². The second kappa shape index (κ2) is 9.02. The van der Waals surface area contributed by atoms with Gasteiger partial charge in [0.15, 0.2) is 9.84 Å². The molecule has 156 valence electrons. The molecule has 4 rings (SSSR count). The second-order valence-corrected chi connectivity index (χ2v) is 8.97. The topological polar surface area (TPSA) is 73.6 Å². The Balaban J connectivity index is 1.36. The van der Waals surface area contributed by atoms with E-state index < -0.39 is 15.8 Å². The van der Waals surface area contributed by atoms with Crippen LogP contribution in [0.25, 0.3) is 11.1 Å². The van der Waals surface area contributed by atoms with Gasteiger partial charge in [0.05, 0.1) is 4.90 Å². The summed E-state index contributed by atoms with van der Waals surface area (Å²) in [7, 11) is -3.55. The predicted molar refractivity (Wildman–Crippen MR) is 117 cm³/mol. The highest BCUT2D eigenvalue weighted by Crippen LogP contribution is 2.21. The number of carbonyl (C=O) groups is 1. The second-order valence-electron chi connectivity index (χ2n) is 6.98. The molecular weight excluding hydrogens is 412 g/mol. The molecule has 3 aromatic carbocycles. The van der Waals surface area contributed by atoms with Gasteiger partial charge in [-0.2, -0.15) is 0 Å². The molecule has 0 spiro atoms. The van der Waals surface area contributed by atoms with E-state index in [1.165, 1.54) is 24.3 Å². The molecule has 1 aromatic heterocycles. The summed E-state index contributed by atoms with van der Waals surface area (Å²) in [5.41, 5.74) is 3.03. The number of esters is 1. The van der Waals surface area contributed by atoms with Gasteiger partial charge in [-0.15, -0.1) is 0 Å². The van der Waals surface area contributed by atoms with Gasteiger partial charge >= 0.3 is 5.97 Å². The van der Waals surface area contributed by atoms with Crippen LogP contribution in [0.2, 0.25) is 0 Å². The zero-order chi connectivity index (χ0) is 21.7. The molecular formula is C25H20O5S. The SMILES string of the molecule is O=C(OCc1ccc(-c2ccccc2)cc1)c1ccc(CS(=O)(=O)c2ccccc2)o1. The van der Waals surface area contributed by atoms with Crippen molar-refractivity contribution < 1.29 is 22.4 Å². The Hall–Kier alpha value is -3.64. The molecule has 0 atom stereocenters. The number of ether oxygens (including phenoxy) is 1. The molecule has 6 heteroatoms. The summed E-state index contributed by atoms with van der Waals surface area (Å²) >= 11 is 0. The molecule has 0 amide bonds. The molecule has 1 heterocycles. The monoisotopic (exact) mass is 432 g/mol. The lowest BCUT2D eigenvalue weighted by Crippen LogP contribution is -2.05. The van der Waals surface area contributed by atoms with E-state index in [0.717, 1.165) is 16.7 Å². The first-order valence-corrected chi connectivity index (χ1v) is 11.3. The molecule has 0 N–H and O–H groups in total. The van der Waals surface area contributed by atoms with Crippen molar-refractivity contribution in [3.05, 3.63) is 114 Å². The quantitative estimate of drug-likeness (QED) is 0.372. The smallest absolute Gasteiger partial charge is 0.374 e. The van der Waals surface area contributed by atoms with Crippen LogP contribution in [-0.2, 0) is 26.9 Å². The molecule has 0 aliphatic heterocycles. The van der Waals surface area contributed by atoms with Crippen molar-refractivity contribution in [2.24, 2.45) is 0 Å². The van der Waals surface area contributed by atoms with Gasteiger partial charge in [-0.3, -0.25) is 0 Å². The van der Waals surface area contributed by atoms with Crippen LogP contribution < -0.4 is 0 Å². The minimum atomic E-state index is -3.55. The fourth-order valence-electron chi connectivity index (χ4n) is 3.11. The van der Waals surface area contributed by atoms with Gasteiger partial charge in [0.2, 0.25) is 5.76 Å². The lowest BCUT2D eigenvalue weighted by atomic mass is 10.0. The van der Waals surface area contributed by atoms with Crippen molar-refractivity contribution in [3.8, 4) is 11.1 Å². The number of rotatable bonds is 7. The minimum Gasteiger partial charge on any atom is -0.455 e. The minimum absolute atomic E-state index is 0.0285. The third-order valence-electron chi connectivity index (χ3n) is 4.73. The first-order chi connectivity index (χ1) is 15.0. The average molecular weight is 432 g/mol. The zero-order valence-electron chi connectivity index (χ0n) is 16.6. The fourth-order valence-corrected chi connectivity index (χ4v) is 4.38. The van der Waals surface area contributed by atoms with E-state index in [1.807, 2.05) is 54.6 Å². The molecule has 31 heavy (non-hydrogen) atoms. The van der Waals surface area contributed by atoms with Crippen LogP contribution in [0.15, 0.2) is 106 Å². The maximum Gasteiger partial charge on any atom is 0.374 e. The molecule has 0 unspecified atom stereocenters. The van der Waals surface area contributed by atoms with Crippen molar-refractivity contribution in [2.75, 3.05) is 0 Å². The van der Waals surface area contributed by atoms with E-state index in [0.29, 0.717) is 0 Å². The third-order valence-corrected chi connectivity index (χ3v) is 6.38. The van der Waals surface area contributed by atoms with Gasteiger partial charge < -0.3 is 9.15 Å². The van der Waals surface area contributed by atoms with Gasteiger partial charge in [0, 0.05) is 0 Å². The summed E-state index contributed by atoms with van der Waals surface area (Å²) in [6.45, 7) is 0.0895. The number of sulfone groups is 1. The van der Waals surface area contributed by atoms with Crippen molar-refractivity contribution in [1.29, 1.82) is 0 Å². The number of benzene rings is 3. The number of hydrogen-bond acceptors (Lipinski definition) is 5.